The van der Waals surface area contributed by atoms with Gasteiger partial charge in [-0.15, -0.1) is 11.3 Å². The topological polar surface area (TPSA) is 177 Å². The van der Waals surface area contributed by atoms with Crippen LogP contribution in [0.2, 0.25) is 0 Å². The first-order valence-electron chi connectivity index (χ1n) is 48.1. The average molecular weight is 1880 g/mol. The van der Waals surface area contributed by atoms with Gasteiger partial charge in [-0.05, 0) is 350 Å². The van der Waals surface area contributed by atoms with E-state index in [1.165, 1.54) is 26.4 Å². The summed E-state index contributed by atoms with van der Waals surface area (Å²) in [5.41, 5.74) is 41.2. The van der Waals surface area contributed by atoms with Gasteiger partial charge in [0.25, 0.3) is 23.6 Å². The summed E-state index contributed by atoms with van der Waals surface area (Å²) in [7, 11) is 0. The Hall–Kier alpha value is -16.9. The van der Waals surface area contributed by atoms with Crippen molar-refractivity contribution in [2.75, 3.05) is 14.7 Å². The first-order chi connectivity index (χ1) is 68.9. The molecule has 26 rings (SSSR count). The summed E-state index contributed by atoms with van der Waals surface area (Å²) in [4.78, 5) is 107. The number of benzene rings is 16. The number of hydrogen-bond donors (Lipinski definition) is 4. The van der Waals surface area contributed by atoms with Crippen LogP contribution in [-0.2, 0) is 48.3 Å². The molecule has 4 aliphatic carbocycles. The number of thiophene rings is 1. The van der Waals surface area contributed by atoms with Crippen molar-refractivity contribution in [3.05, 3.63) is 492 Å². The Morgan fingerprint density at radius 2 is 0.641 bits per heavy atom. The molecule has 16 heteroatoms. The number of thiocarbonyl (C=S) groups is 1. The summed E-state index contributed by atoms with van der Waals surface area (Å²) >= 11 is 7.19. The number of fused-ring (bicyclic) bond motifs is 29. The van der Waals surface area contributed by atoms with Crippen LogP contribution >= 0.6 is 23.6 Å². The Kier molecular flexibility index (Phi) is 18.8. The summed E-state index contributed by atoms with van der Waals surface area (Å²) in [6.45, 7) is 19.8. The Bertz CT molecular complexity index is 8690. The summed E-state index contributed by atoms with van der Waals surface area (Å²) in [6, 6.07) is 110. The van der Waals surface area contributed by atoms with E-state index in [4.69, 9.17) is 12.2 Å². The number of urea groups is 1. The maximum atomic E-state index is 14.8. The SMILES string of the molecule is Cc1cc(C)c(N2c3ccc(C=C4C(=O)c5cc6ccccc6cc5C4=O)cc3C3(c4ccccc4-c4c(Cc5cc(C)c(N6c7ccc(C)cc7C7(c8ccccc8-c8c(Cc9cc(C)c(N%10c%11ccccc%11C%11(c%12ccccc%12-c%12ccccc%12%11)c%11cc(C=C%12C(=O)NC(=O)NC%12=O)ccc%11%10)c(C)c9)cccc87)c7cc(C=C8C(=O)NC(=S)NC8=O)ccc76)c(C)c5)cccc43)c3sc(C)cc32)c(C)c1. The van der Waals surface area contributed by atoms with Gasteiger partial charge in [0.2, 0.25) is 0 Å². The van der Waals surface area contributed by atoms with Gasteiger partial charge < -0.3 is 14.7 Å². The number of hydrogen-bond acceptors (Lipinski definition) is 12. The molecule has 9 aliphatic rings. The van der Waals surface area contributed by atoms with Gasteiger partial charge in [0.15, 0.2) is 16.7 Å². The molecular weight excluding hydrogens is 1790 g/mol. The molecule has 2 fully saturated rings. The second kappa shape index (κ2) is 31.3. The molecule has 0 radical (unpaired) electrons. The molecule has 1 aromatic heterocycles. The molecule has 0 bridgehead atoms. The number of nitrogens with one attached hydrogen (secondary N) is 4. The molecule has 142 heavy (non-hydrogen) atoms. The number of ketones is 2. The maximum Gasteiger partial charge on any atom is 0.328 e. The number of para-hydroxylation sites is 1. The number of rotatable bonds is 10. The molecule has 2 atom stereocenters. The van der Waals surface area contributed by atoms with Crippen molar-refractivity contribution in [1.82, 2.24) is 21.3 Å². The lowest BCUT2D eigenvalue weighted by molar-refractivity contribution is -0.125. The first kappa shape index (κ1) is 85.5. The summed E-state index contributed by atoms with van der Waals surface area (Å²) in [5, 5.41) is 11.7. The van der Waals surface area contributed by atoms with Crippen LogP contribution in [0.3, 0.4) is 0 Å². The van der Waals surface area contributed by atoms with E-state index in [0.717, 1.165) is 212 Å². The second-order valence-corrected chi connectivity index (χ2v) is 41.0. The maximum absolute atomic E-state index is 14.8. The second-order valence-electron chi connectivity index (χ2n) is 39.4. The highest BCUT2D eigenvalue weighted by Gasteiger charge is 2.58. The van der Waals surface area contributed by atoms with Gasteiger partial charge in [-0.1, -0.05) is 254 Å². The minimum atomic E-state index is -0.994. The van der Waals surface area contributed by atoms with Crippen molar-refractivity contribution in [2.24, 2.45) is 0 Å². The predicted molar refractivity (Wildman–Crippen MR) is 569 cm³/mol. The van der Waals surface area contributed by atoms with Gasteiger partial charge in [-0.3, -0.25) is 50.0 Å². The van der Waals surface area contributed by atoms with Crippen LogP contribution in [0.1, 0.15) is 175 Å². The van der Waals surface area contributed by atoms with E-state index in [2.05, 4.69) is 359 Å². The van der Waals surface area contributed by atoms with E-state index < -0.39 is 45.9 Å². The molecule has 682 valence electrons. The van der Waals surface area contributed by atoms with Gasteiger partial charge in [0, 0.05) is 20.9 Å². The van der Waals surface area contributed by atoms with E-state index in [0.29, 0.717) is 35.1 Å². The lowest BCUT2D eigenvalue weighted by Crippen LogP contribution is -2.51. The van der Waals surface area contributed by atoms with E-state index in [9.17, 15) is 33.6 Å². The van der Waals surface area contributed by atoms with Crippen LogP contribution in [0.5, 0.6) is 0 Å². The van der Waals surface area contributed by atoms with Gasteiger partial charge in [-0.2, -0.15) is 0 Å². The van der Waals surface area contributed by atoms with Crippen molar-refractivity contribution in [2.45, 2.75) is 91.4 Å². The zero-order valence-corrected chi connectivity index (χ0v) is 80.7. The highest BCUT2D eigenvalue weighted by molar-refractivity contribution is 7.80. The Morgan fingerprint density at radius 3 is 1.12 bits per heavy atom. The molecule has 4 N–H and O–H groups in total. The molecule has 0 saturated carbocycles. The molecule has 14 nitrogen and oxygen atoms in total. The minimum Gasteiger partial charge on any atom is -0.309 e. The lowest BCUT2D eigenvalue weighted by Gasteiger charge is -2.46. The number of nitrogens with zero attached hydrogens (tertiary/aromatic N) is 3. The summed E-state index contributed by atoms with van der Waals surface area (Å²) in [5.74, 6) is -3.26. The van der Waals surface area contributed by atoms with Crippen LogP contribution in [0.15, 0.2) is 326 Å². The van der Waals surface area contributed by atoms with E-state index in [1.54, 1.807) is 12.2 Å². The molecule has 6 amide bonds. The number of carbonyl (C=O) groups is 7. The highest BCUT2D eigenvalue weighted by atomic mass is 32.1. The minimum absolute atomic E-state index is 0.0508. The fraction of sp³-hybridized carbons (Fsp3) is 0.111. The molecule has 2 saturated heterocycles. The van der Waals surface area contributed by atoms with Crippen LogP contribution in [-0.4, -0.2) is 46.3 Å². The number of allylic oxidation sites excluding steroid dienone is 1. The van der Waals surface area contributed by atoms with Crippen LogP contribution in [0.25, 0.3) is 62.4 Å². The largest absolute Gasteiger partial charge is 0.328 e. The third kappa shape index (κ3) is 12.1. The number of Topliss-reactive ketones (excluding diaryl/α,β-unsaturated/α-hetero) is 2. The van der Waals surface area contributed by atoms with Gasteiger partial charge in [-0.25, -0.2) is 4.79 Å². The Balaban J connectivity index is 0.601. The summed E-state index contributed by atoms with van der Waals surface area (Å²) < 4.78 is 0. The monoisotopic (exact) mass is 1880 g/mol. The van der Waals surface area contributed by atoms with Crippen LogP contribution in [0, 0.1) is 62.3 Å². The number of barbiturate groups is 1. The lowest BCUT2D eigenvalue weighted by atomic mass is 9.64. The normalized spacial score (nSPS) is 16.9. The molecular formula is C126H89N7O7S2. The van der Waals surface area contributed by atoms with Crippen molar-refractivity contribution in [1.29, 1.82) is 0 Å². The average Bonchev–Trinajstić information content (AvgIpc) is 1.46. The fourth-order valence-corrected chi connectivity index (χ4v) is 27.3. The Labute approximate surface area is 830 Å². The Morgan fingerprint density at radius 1 is 0.289 bits per heavy atom. The van der Waals surface area contributed by atoms with Crippen molar-refractivity contribution >= 4 is 150 Å². The van der Waals surface area contributed by atoms with Gasteiger partial charge >= 0.3 is 6.03 Å². The smallest absolute Gasteiger partial charge is 0.309 e. The van der Waals surface area contributed by atoms with Crippen molar-refractivity contribution in [3.8, 4) is 33.4 Å². The van der Waals surface area contributed by atoms with E-state index >= 15 is 0 Å². The van der Waals surface area contributed by atoms with Crippen molar-refractivity contribution < 1.29 is 33.6 Å². The van der Waals surface area contributed by atoms with Crippen LogP contribution < -0.4 is 36.0 Å². The quantitative estimate of drug-likeness (QED) is 0.0582. The number of imide groups is 2. The number of aryl methyl sites for hydroxylation is 9. The fourth-order valence-electron chi connectivity index (χ4n) is 25.9. The molecule has 2 unspecified atom stereocenters. The molecule has 3 spiro atoms. The van der Waals surface area contributed by atoms with Crippen molar-refractivity contribution in [3.63, 3.8) is 0 Å². The van der Waals surface area contributed by atoms with Gasteiger partial charge in [0.1, 0.15) is 11.1 Å². The van der Waals surface area contributed by atoms with E-state index in [-0.39, 0.29) is 33.4 Å². The summed E-state index contributed by atoms with van der Waals surface area (Å²) in [6.07, 6.45) is 6.22. The standard InChI is InChI=1S/C126H89N7O7S2/c1-66-40-44-105-100(50-66)125(95-34-18-14-30-86(95)110-82(26-22-37-98(110)125)56-78-51-70(5)113(71(6)52-78)131-104-39-21-20-36-97(104)124(93-32-16-12-28-84(93)85-29-13-17-33-94(85)124)101-61-76(42-45-106(101)131)59-91-118(136)127-122(140)128-119(91)137)102-62-77(60-92-120(138)129-123(141)130-121(92)139)43-46-107(102)132(105)114-72(7)53-79(54-73(114)8)57-83-27-23-38-99-111(83)87-31-15-19-35-96(87)126(99)103-63-75(58-90-115(134)88-64-80-24-10-11-25-81(80)65-89(88)116(90)135)41-47-108(103)133(109-55-74(9)142-117(109)126)112-68(3)48-67(2)49-69(112)4/h10-55,58-65H,56-57H2,1-9H3,(H2,127,128,136,137,140)(H2,129,130,138,139,141). The molecule has 16 aromatic carbocycles. The number of anilines is 9. The zero-order chi connectivity index (χ0) is 96.9. The van der Waals surface area contributed by atoms with Crippen LogP contribution in [0.4, 0.5) is 56.0 Å². The number of carbonyl (C=O) groups excluding carboxylic acids is 7. The number of amides is 6. The predicted octanol–water partition coefficient (Wildman–Crippen LogP) is 26.4. The zero-order valence-electron chi connectivity index (χ0n) is 79.1. The van der Waals surface area contributed by atoms with E-state index in [1.807, 2.05) is 65.9 Å². The molecule has 5 aliphatic heterocycles. The molecule has 17 aromatic rings. The molecule has 6 heterocycles. The first-order valence-corrected chi connectivity index (χ1v) is 49.3. The third-order valence-corrected chi connectivity index (χ3v) is 32.3. The highest BCUT2D eigenvalue weighted by Crippen LogP contribution is 2.70. The van der Waals surface area contributed by atoms with Gasteiger partial charge in [0.05, 0.1) is 73.0 Å². The third-order valence-electron chi connectivity index (χ3n) is 30.9.